The molecule has 0 unspecified atom stereocenters. The van der Waals surface area contributed by atoms with Crippen molar-refractivity contribution in [1.29, 1.82) is 0 Å². The minimum atomic E-state index is 1.02. The Labute approximate surface area is 82.7 Å². The van der Waals surface area contributed by atoms with Gasteiger partial charge in [0, 0.05) is 30.3 Å². The highest BCUT2D eigenvalue weighted by Gasteiger charge is 2.02. The number of likely N-dealkylation sites (N-methyl/N-ethyl adjacent to an activating group) is 1. The van der Waals surface area contributed by atoms with E-state index in [1.54, 1.807) is 0 Å². The van der Waals surface area contributed by atoms with Gasteiger partial charge in [0.15, 0.2) is 0 Å². The van der Waals surface area contributed by atoms with Gasteiger partial charge in [-0.05, 0) is 20.2 Å². The minimum Gasteiger partial charge on any atom is -0.372 e. The van der Waals surface area contributed by atoms with Crippen LogP contribution in [-0.2, 0) is 0 Å². The Kier molecular flexibility index (Phi) is 3.82. The van der Waals surface area contributed by atoms with Crippen LogP contribution in [0.25, 0.3) is 0 Å². The van der Waals surface area contributed by atoms with Crippen molar-refractivity contribution in [3.05, 3.63) is 22.8 Å². The van der Waals surface area contributed by atoms with E-state index in [4.69, 9.17) is 0 Å². The van der Waals surface area contributed by atoms with Gasteiger partial charge < -0.3 is 9.80 Å². The molecule has 3 heteroatoms. The van der Waals surface area contributed by atoms with Gasteiger partial charge in [0.25, 0.3) is 0 Å². The molecular formula is C9H15BrN2. The molecule has 12 heavy (non-hydrogen) atoms. The second-order valence-corrected chi connectivity index (χ2v) is 4.12. The number of allylic oxidation sites excluding steroid dienone is 2. The van der Waals surface area contributed by atoms with E-state index < -0.39 is 0 Å². The SMILES string of the molecule is CN(C)CCN1C=CC(Br)=CC1. The molecule has 0 aliphatic carbocycles. The molecule has 0 atom stereocenters. The molecule has 0 aromatic rings. The molecule has 68 valence electrons. The first kappa shape index (κ1) is 9.81. The number of hydrogen-bond donors (Lipinski definition) is 0. The van der Waals surface area contributed by atoms with E-state index in [2.05, 4.69) is 58.2 Å². The molecule has 0 bridgehead atoms. The van der Waals surface area contributed by atoms with Crippen molar-refractivity contribution >= 4 is 15.9 Å². The van der Waals surface area contributed by atoms with Crippen LogP contribution in [0.5, 0.6) is 0 Å². The van der Waals surface area contributed by atoms with Crippen LogP contribution in [-0.4, -0.2) is 43.5 Å². The summed E-state index contributed by atoms with van der Waals surface area (Å²) in [6.07, 6.45) is 6.39. The van der Waals surface area contributed by atoms with Crippen molar-refractivity contribution in [3.63, 3.8) is 0 Å². The van der Waals surface area contributed by atoms with E-state index in [0.29, 0.717) is 0 Å². The fraction of sp³-hybridized carbons (Fsp3) is 0.556. The lowest BCUT2D eigenvalue weighted by atomic mass is 10.3. The third kappa shape index (κ3) is 3.41. The van der Waals surface area contributed by atoms with Crippen molar-refractivity contribution in [3.8, 4) is 0 Å². The summed E-state index contributed by atoms with van der Waals surface area (Å²) >= 11 is 3.43. The van der Waals surface area contributed by atoms with Gasteiger partial charge in [-0.1, -0.05) is 22.0 Å². The first-order valence-electron chi connectivity index (χ1n) is 4.11. The van der Waals surface area contributed by atoms with Gasteiger partial charge in [-0.3, -0.25) is 0 Å². The zero-order valence-electron chi connectivity index (χ0n) is 7.63. The van der Waals surface area contributed by atoms with Gasteiger partial charge in [-0.15, -0.1) is 0 Å². The molecule has 1 heterocycles. The third-order valence-corrected chi connectivity index (χ3v) is 2.39. The first-order chi connectivity index (χ1) is 5.68. The second-order valence-electron chi connectivity index (χ2n) is 3.20. The number of hydrogen-bond acceptors (Lipinski definition) is 2. The molecule has 0 aromatic heterocycles. The quantitative estimate of drug-likeness (QED) is 0.728. The Hall–Kier alpha value is -0.280. The molecular weight excluding hydrogens is 216 g/mol. The van der Waals surface area contributed by atoms with E-state index >= 15 is 0 Å². The molecule has 0 spiro atoms. The Bertz CT molecular complexity index is 197. The minimum absolute atomic E-state index is 1.02. The molecule has 1 aliphatic heterocycles. The maximum Gasteiger partial charge on any atom is 0.0368 e. The standard InChI is InChI=1S/C9H15BrN2/c1-11(2)7-8-12-5-3-9(10)4-6-12/h3-5H,6-8H2,1-2H3. The lowest BCUT2D eigenvalue weighted by Gasteiger charge is -2.23. The predicted octanol–water partition coefficient (Wildman–Crippen LogP) is 1.66. The fourth-order valence-corrected chi connectivity index (χ4v) is 1.27. The van der Waals surface area contributed by atoms with E-state index in [-0.39, 0.29) is 0 Å². The second kappa shape index (κ2) is 4.67. The Morgan fingerprint density at radius 2 is 2.33 bits per heavy atom. The van der Waals surface area contributed by atoms with E-state index in [1.165, 1.54) is 4.48 Å². The van der Waals surface area contributed by atoms with Crippen molar-refractivity contribution in [2.24, 2.45) is 0 Å². The van der Waals surface area contributed by atoms with Gasteiger partial charge in [-0.25, -0.2) is 0 Å². The summed E-state index contributed by atoms with van der Waals surface area (Å²) in [5.41, 5.74) is 0. The lowest BCUT2D eigenvalue weighted by molar-refractivity contribution is 0.323. The summed E-state index contributed by atoms with van der Waals surface area (Å²) in [5, 5.41) is 0. The van der Waals surface area contributed by atoms with Crippen LogP contribution >= 0.6 is 15.9 Å². The number of halogens is 1. The van der Waals surface area contributed by atoms with Crippen LogP contribution in [0.3, 0.4) is 0 Å². The van der Waals surface area contributed by atoms with Crippen molar-refractivity contribution in [2.45, 2.75) is 0 Å². The Balaban J connectivity index is 2.25. The summed E-state index contributed by atoms with van der Waals surface area (Å²) in [6.45, 7) is 3.22. The topological polar surface area (TPSA) is 6.48 Å². The summed E-state index contributed by atoms with van der Waals surface area (Å²) in [4.78, 5) is 4.49. The molecule has 0 saturated heterocycles. The summed E-state index contributed by atoms with van der Waals surface area (Å²) in [7, 11) is 4.19. The zero-order valence-corrected chi connectivity index (χ0v) is 9.21. The van der Waals surface area contributed by atoms with Gasteiger partial charge in [-0.2, -0.15) is 0 Å². The molecule has 0 saturated carbocycles. The fourth-order valence-electron chi connectivity index (χ4n) is 1.00. The van der Waals surface area contributed by atoms with Crippen LogP contribution < -0.4 is 0 Å². The smallest absolute Gasteiger partial charge is 0.0368 e. The highest BCUT2D eigenvalue weighted by molar-refractivity contribution is 9.11. The Morgan fingerprint density at radius 3 is 2.83 bits per heavy atom. The van der Waals surface area contributed by atoms with Crippen molar-refractivity contribution < 1.29 is 0 Å². The van der Waals surface area contributed by atoms with Gasteiger partial charge in [0.05, 0.1) is 0 Å². The van der Waals surface area contributed by atoms with Crippen LogP contribution in [0.2, 0.25) is 0 Å². The summed E-state index contributed by atoms with van der Waals surface area (Å²) in [5.74, 6) is 0. The molecule has 0 N–H and O–H groups in total. The van der Waals surface area contributed by atoms with Crippen molar-refractivity contribution in [2.75, 3.05) is 33.7 Å². The maximum absolute atomic E-state index is 3.43. The summed E-state index contributed by atoms with van der Waals surface area (Å²) < 4.78 is 1.18. The van der Waals surface area contributed by atoms with E-state index in [9.17, 15) is 0 Å². The third-order valence-electron chi connectivity index (χ3n) is 1.80. The molecule has 0 aromatic carbocycles. The maximum atomic E-state index is 3.43. The molecule has 0 fully saturated rings. The average molecular weight is 231 g/mol. The predicted molar refractivity (Wildman–Crippen MR) is 56.3 cm³/mol. The van der Waals surface area contributed by atoms with E-state index in [1.807, 2.05) is 0 Å². The van der Waals surface area contributed by atoms with E-state index in [0.717, 1.165) is 19.6 Å². The van der Waals surface area contributed by atoms with Gasteiger partial charge in [0.1, 0.15) is 0 Å². The lowest BCUT2D eigenvalue weighted by Crippen LogP contribution is -2.29. The highest BCUT2D eigenvalue weighted by Crippen LogP contribution is 2.11. The number of nitrogens with zero attached hydrogens (tertiary/aromatic N) is 2. The zero-order chi connectivity index (χ0) is 8.97. The first-order valence-corrected chi connectivity index (χ1v) is 4.90. The number of rotatable bonds is 3. The molecule has 2 nitrogen and oxygen atoms in total. The average Bonchev–Trinajstić information content (AvgIpc) is 2.03. The van der Waals surface area contributed by atoms with Gasteiger partial charge >= 0.3 is 0 Å². The normalized spacial score (nSPS) is 17.0. The Morgan fingerprint density at radius 1 is 1.58 bits per heavy atom. The monoisotopic (exact) mass is 230 g/mol. The largest absolute Gasteiger partial charge is 0.372 e. The van der Waals surface area contributed by atoms with Crippen LogP contribution in [0, 0.1) is 0 Å². The van der Waals surface area contributed by atoms with Crippen LogP contribution in [0.15, 0.2) is 22.8 Å². The van der Waals surface area contributed by atoms with Crippen LogP contribution in [0.1, 0.15) is 0 Å². The molecule has 0 radical (unpaired) electrons. The van der Waals surface area contributed by atoms with Crippen molar-refractivity contribution in [1.82, 2.24) is 9.80 Å². The summed E-state index contributed by atoms with van der Waals surface area (Å²) in [6, 6.07) is 0. The highest BCUT2D eigenvalue weighted by atomic mass is 79.9. The molecule has 0 amide bonds. The van der Waals surface area contributed by atoms with Gasteiger partial charge in [0.2, 0.25) is 0 Å². The molecule has 1 rings (SSSR count). The van der Waals surface area contributed by atoms with Crippen LogP contribution in [0.4, 0.5) is 0 Å². The molecule has 1 aliphatic rings.